The van der Waals surface area contributed by atoms with Crippen molar-refractivity contribution < 1.29 is 9.53 Å². The van der Waals surface area contributed by atoms with Gasteiger partial charge < -0.3 is 14.2 Å². The van der Waals surface area contributed by atoms with E-state index in [0.29, 0.717) is 31.3 Å². The molecule has 0 bridgehead atoms. The standard InChI is InChI=1S/C22H26N2O3/c1-16-12-19(13-22(26)24(16)18-10-11-18)27-20-14-23(15-20)21(25)9-5-8-17-6-3-2-4-7-17/h2-4,6-7,12-13,18,20H,5,8-11,14-15H2,1H3. The van der Waals surface area contributed by atoms with Crippen LogP contribution in [0.15, 0.2) is 47.3 Å². The summed E-state index contributed by atoms with van der Waals surface area (Å²) in [5.74, 6) is 0.807. The van der Waals surface area contributed by atoms with E-state index in [1.165, 1.54) is 5.56 Å². The fourth-order valence-electron chi connectivity index (χ4n) is 3.71. The lowest BCUT2D eigenvalue weighted by Gasteiger charge is -2.39. The van der Waals surface area contributed by atoms with Gasteiger partial charge in [0.2, 0.25) is 5.91 Å². The SMILES string of the molecule is Cc1cc(OC2CN(C(=O)CCCc3ccccc3)C2)cc(=O)n1C1CC1. The molecule has 1 saturated carbocycles. The van der Waals surface area contributed by atoms with Crippen molar-refractivity contribution in [2.75, 3.05) is 13.1 Å². The second-order valence-corrected chi connectivity index (χ2v) is 7.65. The molecule has 2 aromatic rings. The number of nitrogens with zero attached hydrogens (tertiary/aromatic N) is 2. The molecule has 0 spiro atoms. The first-order chi connectivity index (χ1) is 13.1. The first kappa shape index (κ1) is 17.8. The molecule has 2 aliphatic rings. The number of aryl methyl sites for hydroxylation is 2. The Hall–Kier alpha value is -2.56. The lowest BCUT2D eigenvalue weighted by atomic mass is 10.1. The van der Waals surface area contributed by atoms with Crippen LogP contribution in [-0.2, 0) is 11.2 Å². The molecule has 0 unspecified atom stereocenters. The summed E-state index contributed by atoms with van der Waals surface area (Å²) in [6.07, 6.45) is 4.52. The molecule has 5 heteroatoms. The Bertz CT molecular complexity index is 865. The fraction of sp³-hybridized carbons (Fsp3) is 0.455. The molecule has 2 fully saturated rings. The van der Waals surface area contributed by atoms with Crippen molar-refractivity contribution >= 4 is 5.91 Å². The van der Waals surface area contributed by atoms with E-state index >= 15 is 0 Å². The Morgan fingerprint density at radius 2 is 1.89 bits per heavy atom. The first-order valence-corrected chi connectivity index (χ1v) is 9.82. The van der Waals surface area contributed by atoms with Gasteiger partial charge in [-0.2, -0.15) is 0 Å². The van der Waals surface area contributed by atoms with E-state index < -0.39 is 0 Å². The van der Waals surface area contributed by atoms with Gasteiger partial charge in [-0.15, -0.1) is 0 Å². The lowest BCUT2D eigenvalue weighted by Crippen LogP contribution is -2.56. The third-order valence-corrected chi connectivity index (χ3v) is 5.35. The largest absolute Gasteiger partial charge is 0.486 e. The summed E-state index contributed by atoms with van der Waals surface area (Å²) < 4.78 is 7.77. The third kappa shape index (κ3) is 4.24. The maximum Gasteiger partial charge on any atom is 0.254 e. The molecule has 0 radical (unpaired) electrons. The summed E-state index contributed by atoms with van der Waals surface area (Å²) in [4.78, 5) is 26.4. The van der Waals surface area contributed by atoms with Crippen LogP contribution in [0.2, 0.25) is 0 Å². The van der Waals surface area contributed by atoms with Gasteiger partial charge in [0, 0.05) is 24.2 Å². The van der Waals surface area contributed by atoms with Crippen molar-refractivity contribution in [1.82, 2.24) is 9.47 Å². The molecule has 1 aliphatic carbocycles. The molecular formula is C22H26N2O3. The normalized spacial score (nSPS) is 16.9. The minimum Gasteiger partial charge on any atom is -0.486 e. The summed E-state index contributed by atoms with van der Waals surface area (Å²) in [6, 6.07) is 14.1. The Morgan fingerprint density at radius 1 is 1.15 bits per heavy atom. The van der Waals surface area contributed by atoms with Gasteiger partial charge in [0.25, 0.3) is 5.56 Å². The van der Waals surface area contributed by atoms with Crippen molar-refractivity contribution in [3.8, 4) is 5.75 Å². The van der Waals surface area contributed by atoms with Crippen LogP contribution in [0.3, 0.4) is 0 Å². The molecule has 142 valence electrons. The number of amides is 1. The molecular weight excluding hydrogens is 340 g/mol. The second-order valence-electron chi connectivity index (χ2n) is 7.65. The number of pyridine rings is 1. The molecule has 1 aromatic carbocycles. The monoisotopic (exact) mass is 366 g/mol. The van der Waals surface area contributed by atoms with Gasteiger partial charge in [-0.25, -0.2) is 0 Å². The van der Waals surface area contributed by atoms with E-state index in [1.807, 2.05) is 40.7 Å². The number of carbonyl (C=O) groups is 1. The third-order valence-electron chi connectivity index (χ3n) is 5.35. The van der Waals surface area contributed by atoms with Gasteiger partial charge in [0.15, 0.2) is 0 Å². The van der Waals surface area contributed by atoms with E-state index in [9.17, 15) is 9.59 Å². The number of hydrogen-bond acceptors (Lipinski definition) is 3. The highest BCUT2D eigenvalue weighted by Crippen LogP contribution is 2.35. The molecule has 1 aliphatic heterocycles. The summed E-state index contributed by atoms with van der Waals surface area (Å²) in [6.45, 7) is 3.17. The topological polar surface area (TPSA) is 51.5 Å². The zero-order valence-corrected chi connectivity index (χ0v) is 15.8. The Kier molecular flexibility index (Phi) is 5.01. The maximum absolute atomic E-state index is 12.3. The van der Waals surface area contributed by atoms with Crippen LogP contribution in [-0.4, -0.2) is 34.6 Å². The molecule has 0 N–H and O–H groups in total. The number of carbonyl (C=O) groups excluding carboxylic acids is 1. The van der Waals surface area contributed by atoms with Crippen LogP contribution < -0.4 is 10.3 Å². The Labute approximate surface area is 159 Å². The maximum atomic E-state index is 12.3. The van der Waals surface area contributed by atoms with Gasteiger partial charge in [0.05, 0.1) is 13.1 Å². The average molecular weight is 366 g/mol. The molecule has 1 amide bonds. The van der Waals surface area contributed by atoms with Crippen molar-refractivity contribution in [3.05, 3.63) is 64.1 Å². The smallest absolute Gasteiger partial charge is 0.254 e. The predicted octanol–water partition coefficient (Wildman–Crippen LogP) is 3.10. The number of rotatable bonds is 7. The van der Waals surface area contributed by atoms with E-state index in [0.717, 1.165) is 31.4 Å². The Balaban J connectivity index is 1.22. The minimum absolute atomic E-state index is 0.0145. The number of benzene rings is 1. The van der Waals surface area contributed by atoms with E-state index in [4.69, 9.17) is 4.74 Å². The molecule has 4 rings (SSSR count). The van der Waals surface area contributed by atoms with Gasteiger partial charge >= 0.3 is 0 Å². The number of hydrogen-bond donors (Lipinski definition) is 0. The molecule has 27 heavy (non-hydrogen) atoms. The van der Waals surface area contributed by atoms with Crippen molar-refractivity contribution in [3.63, 3.8) is 0 Å². The molecule has 1 saturated heterocycles. The molecule has 2 heterocycles. The highest BCUT2D eigenvalue weighted by molar-refractivity contribution is 5.77. The Morgan fingerprint density at radius 3 is 2.56 bits per heavy atom. The van der Waals surface area contributed by atoms with E-state index in [-0.39, 0.29) is 17.6 Å². The second kappa shape index (κ2) is 7.59. The lowest BCUT2D eigenvalue weighted by molar-refractivity contribution is -0.140. The molecule has 5 nitrogen and oxygen atoms in total. The minimum atomic E-state index is -0.0151. The van der Waals surface area contributed by atoms with Crippen LogP contribution in [0.25, 0.3) is 0 Å². The summed E-state index contributed by atoms with van der Waals surface area (Å²) >= 11 is 0. The van der Waals surface area contributed by atoms with E-state index in [1.54, 1.807) is 6.07 Å². The zero-order chi connectivity index (χ0) is 18.8. The van der Waals surface area contributed by atoms with E-state index in [2.05, 4.69) is 12.1 Å². The van der Waals surface area contributed by atoms with Crippen LogP contribution >= 0.6 is 0 Å². The van der Waals surface area contributed by atoms with Crippen molar-refractivity contribution in [2.24, 2.45) is 0 Å². The van der Waals surface area contributed by atoms with Crippen molar-refractivity contribution in [2.45, 2.75) is 51.2 Å². The van der Waals surface area contributed by atoms with Crippen LogP contribution in [0.1, 0.15) is 43.0 Å². The van der Waals surface area contributed by atoms with Gasteiger partial charge in [-0.3, -0.25) is 9.59 Å². The zero-order valence-electron chi connectivity index (χ0n) is 15.8. The van der Waals surface area contributed by atoms with Gasteiger partial charge in [-0.05, 0) is 44.2 Å². The average Bonchev–Trinajstić information content (AvgIpc) is 3.43. The summed E-state index contributed by atoms with van der Waals surface area (Å²) in [7, 11) is 0. The predicted molar refractivity (Wildman–Crippen MR) is 104 cm³/mol. The quantitative estimate of drug-likeness (QED) is 0.757. The first-order valence-electron chi connectivity index (χ1n) is 9.82. The van der Waals surface area contributed by atoms with Gasteiger partial charge in [-0.1, -0.05) is 30.3 Å². The van der Waals surface area contributed by atoms with Crippen molar-refractivity contribution in [1.29, 1.82) is 0 Å². The number of likely N-dealkylation sites (tertiary alicyclic amines) is 1. The summed E-state index contributed by atoms with van der Waals surface area (Å²) in [5, 5.41) is 0. The number of ether oxygens (including phenoxy) is 1. The van der Waals surface area contributed by atoms with Crippen LogP contribution in [0.5, 0.6) is 5.75 Å². The van der Waals surface area contributed by atoms with Gasteiger partial charge in [0.1, 0.15) is 11.9 Å². The summed E-state index contributed by atoms with van der Waals surface area (Å²) in [5.41, 5.74) is 2.24. The fourth-order valence-corrected chi connectivity index (χ4v) is 3.71. The molecule has 0 atom stereocenters. The molecule has 1 aromatic heterocycles. The van der Waals surface area contributed by atoms with Crippen LogP contribution in [0.4, 0.5) is 0 Å². The highest BCUT2D eigenvalue weighted by Gasteiger charge is 2.32. The number of aromatic nitrogens is 1. The highest BCUT2D eigenvalue weighted by atomic mass is 16.5. The van der Waals surface area contributed by atoms with Crippen LogP contribution in [0, 0.1) is 6.92 Å².